The van der Waals surface area contributed by atoms with Crippen molar-refractivity contribution >= 4 is 0 Å². The minimum absolute atomic E-state index is 0.0237. The standard InChI is InChI=1S/C28H54O11/c1-3-5-7-9-11-13-15-35-17-19-21(29)23(31)25(33)27(37-19)39-28-26(34)24(32)22(30)20(38-28)18-36-16-14-12-10-8-6-4-2/h19-34H,3-18H2,1-2H3/t19-,20-,21-,22-,23+,24+,25-,26-,27-,28-/m1/s1. The van der Waals surface area contributed by atoms with Crippen LogP contribution in [0, 0.1) is 0 Å². The van der Waals surface area contributed by atoms with E-state index in [1.165, 1.54) is 38.5 Å². The van der Waals surface area contributed by atoms with Gasteiger partial charge in [0.2, 0.25) is 0 Å². The van der Waals surface area contributed by atoms with Crippen molar-refractivity contribution in [3.05, 3.63) is 0 Å². The van der Waals surface area contributed by atoms with E-state index in [9.17, 15) is 30.6 Å². The van der Waals surface area contributed by atoms with Gasteiger partial charge in [0, 0.05) is 13.2 Å². The Labute approximate surface area is 233 Å². The number of ether oxygens (including phenoxy) is 5. The molecule has 0 radical (unpaired) electrons. The predicted octanol–water partition coefficient (Wildman–Crippen LogP) is 1.37. The maximum Gasteiger partial charge on any atom is 0.189 e. The minimum Gasteiger partial charge on any atom is -0.387 e. The van der Waals surface area contributed by atoms with Crippen LogP contribution in [-0.4, -0.2) is 118 Å². The first-order valence-electron chi connectivity index (χ1n) is 15.0. The lowest BCUT2D eigenvalue weighted by Gasteiger charge is -2.45. The van der Waals surface area contributed by atoms with E-state index in [0.29, 0.717) is 13.2 Å². The van der Waals surface area contributed by atoms with Crippen molar-refractivity contribution in [3.8, 4) is 0 Å². The summed E-state index contributed by atoms with van der Waals surface area (Å²) in [6, 6.07) is 0. The summed E-state index contributed by atoms with van der Waals surface area (Å²) in [4.78, 5) is 0. The van der Waals surface area contributed by atoms with Crippen molar-refractivity contribution < 1.29 is 54.3 Å². The second kappa shape index (κ2) is 19.6. The molecule has 2 aliphatic rings. The zero-order chi connectivity index (χ0) is 28.6. The number of unbranched alkanes of at least 4 members (excludes halogenated alkanes) is 10. The molecule has 11 heteroatoms. The Morgan fingerprint density at radius 1 is 0.462 bits per heavy atom. The van der Waals surface area contributed by atoms with Gasteiger partial charge in [0.1, 0.15) is 48.8 Å². The number of aliphatic hydroxyl groups is 6. The van der Waals surface area contributed by atoms with E-state index < -0.39 is 61.4 Å². The van der Waals surface area contributed by atoms with Gasteiger partial charge in [-0.2, -0.15) is 0 Å². The molecule has 6 N–H and O–H groups in total. The first kappa shape index (κ1) is 34.8. The van der Waals surface area contributed by atoms with Gasteiger partial charge in [0.15, 0.2) is 12.6 Å². The summed E-state index contributed by atoms with van der Waals surface area (Å²) in [5.41, 5.74) is 0. The Hall–Kier alpha value is -0.440. The van der Waals surface area contributed by atoms with Crippen LogP contribution < -0.4 is 0 Å². The summed E-state index contributed by atoms with van der Waals surface area (Å²) in [7, 11) is 0. The van der Waals surface area contributed by atoms with Crippen LogP contribution in [0.5, 0.6) is 0 Å². The molecule has 11 nitrogen and oxygen atoms in total. The molecule has 0 aromatic carbocycles. The predicted molar refractivity (Wildman–Crippen MR) is 143 cm³/mol. The van der Waals surface area contributed by atoms with Crippen molar-refractivity contribution in [1.29, 1.82) is 0 Å². The molecule has 0 amide bonds. The fourth-order valence-corrected chi connectivity index (χ4v) is 4.83. The fraction of sp³-hybridized carbons (Fsp3) is 1.00. The number of aliphatic hydroxyl groups excluding tert-OH is 6. The molecule has 0 bridgehead atoms. The monoisotopic (exact) mass is 566 g/mol. The molecule has 0 saturated carbocycles. The van der Waals surface area contributed by atoms with Gasteiger partial charge in [-0.3, -0.25) is 0 Å². The van der Waals surface area contributed by atoms with Crippen LogP contribution in [0.25, 0.3) is 0 Å². The molecule has 2 saturated heterocycles. The Morgan fingerprint density at radius 3 is 1.21 bits per heavy atom. The Bertz CT molecular complexity index is 562. The third-order valence-corrected chi connectivity index (χ3v) is 7.45. The molecular weight excluding hydrogens is 512 g/mol. The summed E-state index contributed by atoms with van der Waals surface area (Å²) in [5, 5.41) is 62.3. The van der Waals surface area contributed by atoms with Crippen LogP contribution in [0.1, 0.15) is 90.9 Å². The van der Waals surface area contributed by atoms with E-state index >= 15 is 0 Å². The molecular formula is C28H54O11. The van der Waals surface area contributed by atoms with Crippen LogP contribution in [0.4, 0.5) is 0 Å². The second-order valence-corrected chi connectivity index (χ2v) is 10.9. The maximum atomic E-state index is 10.4. The van der Waals surface area contributed by atoms with Crippen LogP contribution in [0.3, 0.4) is 0 Å². The Morgan fingerprint density at radius 2 is 0.821 bits per heavy atom. The molecule has 39 heavy (non-hydrogen) atoms. The summed E-state index contributed by atoms with van der Waals surface area (Å²) in [5.74, 6) is 0. The van der Waals surface area contributed by atoms with E-state index in [1.54, 1.807) is 0 Å². The van der Waals surface area contributed by atoms with Gasteiger partial charge >= 0.3 is 0 Å². The van der Waals surface area contributed by atoms with Gasteiger partial charge in [-0.05, 0) is 12.8 Å². The molecule has 0 aromatic heterocycles. The average molecular weight is 567 g/mol. The van der Waals surface area contributed by atoms with Crippen molar-refractivity contribution in [2.75, 3.05) is 26.4 Å². The van der Waals surface area contributed by atoms with Gasteiger partial charge in [-0.25, -0.2) is 0 Å². The molecule has 2 aliphatic heterocycles. The molecule has 10 atom stereocenters. The normalized spacial score (nSPS) is 35.4. The number of hydrogen-bond donors (Lipinski definition) is 6. The average Bonchev–Trinajstić information content (AvgIpc) is 2.93. The first-order valence-corrected chi connectivity index (χ1v) is 15.0. The topological polar surface area (TPSA) is 168 Å². The highest BCUT2D eigenvalue weighted by atomic mass is 16.8. The highest BCUT2D eigenvalue weighted by molar-refractivity contribution is 4.92. The molecule has 232 valence electrons. The van der Waals surface area contributed by atoms with E-state index in [4.69, 9.17) is 23.7 Å². The lowest BCUT2D eigenvalue weighted by Crippen LogP contribution is -2.63. The van der Waals surface area contributed by atoms with Gasteiger partial charge in [0.25, 0.3) is 0 Å². The van der Waals surface area contributed by atoms with Crippen molar-refractivity contribution in [2.24, 2.45) is 0 Å². The third kappa shape index (κ3) is 11.8. The maximum absolute atomic E-state index is 10.4. The Balaban J connectivity index is 1.81. The highest BCUT2D eigenvalue weighted by Crippen LogP contribution is 2.28. The molecule has 0 aromatic rings. The van der Waals surface area contributed by atoms with Gasteiger partial charge in [-0.1, -0.05) is 78.1 Å². The van der Waals surface area contributed by atoms with Crippen LogP contribution in [-0.2, 0) is 23.7 Å². The summed E-state index contributed by atoms with van der Waals surface area (Å²) >= 11 is 0. The van der Waals surface area contributed by atoms with Gasteiger partial charge < -0.3 is 54.3 Å². The summed E-state index contributed by atoms with van der Waals surface area (Å²) < 4.78 is 28.2. The van der Waals surface area contributed by atoms with E-state index in [1.807, 2.05) is 0 Å². The fourth-order valence-electron chi connectivity index (χ4n) is 4.83. The van der Waals surface area contributed by atoms with Gasteiger partial charge in [0.05, 0.1) is 13.2 Å². The highest BCUT2D eigenvalue weighted by Gasteiger charge is 2.49. The van der Waals surface area contributed by atoms with Crippen LogP contribution in [0.15, 0.2) is 0 Å². The SMILES string of the molecule is CCCCCCCCOC[C@H]1O[C@H](O[C@H]2O[C@H](COCCCCCCCC)[C@@H](O)[C@H](O)[C@H]2O)[C@H](O)[C@@H](O)[C@@H]1O. The molecule has 0 aliphatic carbocycles. The van der Waals surface area contributed by atoms with Crippen molar-refractivity contribution in [1.82, 2.24) is 0 Å². The van der Waals surface area contributed by atoms with E-state index in [-0.39, 0.29) is 13.2 Å². The zero-order valence-electron chi connectivity index (χ0n) is 23.8. The molecule has 2 rings (SSSR count). The molecule has 0 spiro atoms. The quantitative estimate of drug-likeness (QED) is 0.118. The third-order valence-electron chi connectivity index (χ3n) is 7.45. The number of hydrogen-bond acceptors (Lipinski definition) is 11. The minimum atomic E-state index is -1.64. The Kier molecular flexibility index (Phi) is 17.5. The largest absolute Gasteiger partial charge is 0.387 e. The lowest BCUT2D eigenvalue weighted by molar-refractivity contribution is -0.377. The van der Waals surface area contributed by atoms with Crippen molar-refractivity contribution in [3.63, 3.8) is 0 Å². The lowest BCUT2D eigenvalue weighted by atomic mass is 9.98. The summed E-state index contributed by atoms with van der Waals surface area (Å²) in [6.07, 6.45) is -0.933. The van der Waals surface area contributed by atoms with E-state index in [0.717, 1.165) is 38.5 Å². The van der Waals surface area contributed by atoms with Crippen LogP contribution >= 0.6 is 0 Å². The zero-order valence-corrected chi connectivity index (χ0v) is 23.8. The smallest absolute Gasteiger partial charge is 0.189 e. The van der Waals surface area contributed by atoms with Crippen molar-refractivity contribution in [2.45, 2.75) is 152 Å². The first-order chi connectivity index (χ1) is 18.8. The van der Waals surface area contributed by atoms with Crippen LogP contribution in [0.2, 0.25) is 0 Å². The molecule has 2 heterocycles. The second-order valence-electron chi connectivity index (χ2n) is 10.9. The molecule has 2 fully saturated rings. The van der Waals surface area contributed by atoms with Gasteiger partial charge in [-0.15, -0.1) is 0 Å². The molecule has 0 unspecified atom stereocenters. The summed E-state index contributed by atoms with van der Waals surface area (Å²) in [6.45, 7) is 5.22. The number of rotatable bonds is 20. The van der Waals surface area contributed by atoms with E-state index in [2.05, 4.69) is 13.8 Å².